The molecule has 3 fully saturated rings. The van der Waals surface area contributed by atoms with Gasteiger partial charge in [0.2, 0.25) is 0 Å². The van der Waals surface area contributed by atoms with Crippen molar-refractivity contribution >= 4 is 0 Å². The van der Waals surface area contributed by atoms with E-state index in [2.05, 4.69) is 12.2 Å². The van der Waals surface area contributed by atoms with Crippen LogP contribution in [-0.2, 0) is 0 Å². The van der Waals surface area contributed by atoms with E-state index in [1.807, 2.05) is 0 Å². The molecule has 1 nitrogen and oxygen atoms in total. The Bertz CT molecular complexity index is 215. The molecule has 3 saturated carbocycles. The molecule has 1 N–H and O–H groups in total. The zero-order valence-electron chi connectivity index (χ0n) is 9.39. The van der Waals surface area contributed by atoms with Crippen LogP contribution in [0.2, 0.25) is 0 Å². The third kappa shape index (κ3) is 1.32. The summed E-state index contributed by atoms with van der Waals surface area (Å²) in [6.45, 7) is 2.34. The van der Waals surface area contributed by atoms with E-state index in [9.17, 15) is 0 Å². The Morgan fingerprint density at radius 1 is 1.21 bits per heavy atom. The van der Waals surface area contributed by atoms with Crippen molar-refractivity contribution in [3.63, 3.8) is 0 Å². The van der Waals surface area contributed by atoms with E-state index in [1.165, 1.54) is 51.4 Å². The summed E-state index contributed by atoms with van der Waals surface area (Å²) in [7, 11) is 0. The van der Waals surface area contributed by atoms with Gasteiger partial charge in [-0.3, -0.25) is 0 Å². The van der Waals surface area contributed by atoms with E-state index in [-0.39, 0.29) is 0 Å². The van der Waals surface area contributed by atoms with E-state index >= 15 is 0 Å². The van der Waals surface area contributed by atoms with Gasteiger partial charge in [0.15, 0.2) is 0 Å². The monoisotopic (exact) mass is 193 g/mol. The van der Waals surface area contributed by atoms with Crippen LogP contribution in [0.15, 0.2) is 0 Å². The molecule has 0 aromatic rings. The van der Waals surface area contributed by atoms with Crippen molar-refractivity contribution in [3.8, 4) is 0 Å². The number of hydrogen-bond acceptors (Lipinski definition) is 1. The fraction of sp³-hybridized carbons (Fsp3) is 1.00. The van der Waals surface area contributed by atoms with Crippen molar-refractivity contribution in [3.05, 3.63) is 0 Å². The van der Waals surface area contributed by atoms with Crippen molar-refractivity contribution in [2.45, 2.75) is 70.4 Å². The lowest BCUT2D eigenvalue weighted by atomic mass is 9.77. The van der Waals surface area contributed by atoms with Gasteiger partial charge in [0.05, 0.1) is 0 Å². The van der Waals surface area contributed by atoms with Crippen LogP contribution in [0.5, 0.6) is 0 Å². The van der Waals surface area contributed by atoms with Crippen molar-refractivity contribution < 1.29 is 0 Å². The van der Waals surface area contributed by atoms with Crippen molar-refractivity contribution in [2.75, 3.05) is 0 Å². The Hall–Kier alpha value is -0.0400. The molecule has 0 aromatic heterocycles. The lowest BCUT2D eigenvalue weighted by Gasteiger charge is -2.37. The largest absolute Gasteiger partial charge is 0.310 e. The maximum absolute atomic E-state index is 3.92. The van der Waals surface area contributed by atoms with Crippen LogP contribution in [0, 0.1) is 11.3 Å². The first-order chi connectivity index (χ1) is 6.84. The molecule has 3 unspecified atom stereocenters. The molecule has 0 aliphatic heterocycles. The average Bonchev–Trinajstić information content (AvgIpc) is 2.55. The van der Waals surface area contributed by atoms with Crippen LogP contribution in [0.25, 0.3) is 0 Å². The fourth-order valence-corrected chi connectivity index (χ4v) is 3.75. The van der Waals surface area contributed by atoms with E-state index in [0.717, 1.165) is 23.4 Å². The van der Waals surface area contributed by atoms with Crippen molar-refractivity contribution in [1.29, 1.82) is 0 Å². The quantitative estimate of drug-likeness (QED) is 0.726. The third-order valence-corrected chi connectivity index (χ3v) is 5.15. The van der Waals surface area contributed by atoms with Crippen LogP contribution < -0.4 is 5.32 Å². The molecule has 80 valence electrons. The van der Waals surface area contributed by atoms with E-state index in [0.29, 0.717) is 0 Å². The normalized spacial score (nSPS) is 43.9. The van der Waals surface area contributed by atoms with Crippen molar-refractivity contribution in [1.82, 2.24) is 5.32 Å². The highest BCUT2D eigenvalue weighted by Gasteiger charge is 2.55. The second-order valence-electron chi connectivity index (χ2n) is 5.85. The Kier molecular flexibility index (Phi) is 2.12. The predicted molar refractivity (Wildman–Crippen MR) is 59.2 cm³/mol. The molecule has 0 radical (unpaired) electrons. The third-order valence-electron chi connectivity index (χ3n) is 5.15. The minimum absolute atomic E-state index is 0.799. The van der Waals surface area contributed by atoms with Gasteiger partial charge >= 0.3 is 0 Å². The highest BCUT2D eigenvalue weighted by molar-refractivity contribution is 5.11. The molecule has 0 bridgehead atoms. The first kappa shape index (κ1) is 9.21. The van der Waals surface area contributed by atoms with Gasteiger partial charge in [-0.1, -0.05) is 26.2 Å². The first-order valence-corrected chi connectivity index (χ1v) is 6.60. The highest BCUT2D eigenvalue weighted by atomic mass is 15.0. The molecule has 0 aromatic carbocycles. The summed E-state index contributed by atoms with van der Waals surface area (Å²) in [5, 5.41) is 3.92. The maximum atomic E-state index is 3.92. The lowest BCUT2D eigenvalue weighted by molar-refractivity contribution is 0.194. The summed E-state index contributed by atoms with van der Waals surface area (Å²) in [5.41, 5.74) is 0.799. The van der Waals surface area contributed by atoms with E-state index < -0.39 is 0 Å². The summed E-state index contributed by atoms with van der Waals surface area (Å²) in [5.74, 6) is 1.01. The minimum atomic E-state index is 0.799. The van der Waals surface area contributed by atoms with Gasteiger partial charge in [0.1, 0.15) is 0 Å². The molecule has 14 heavy (non-hydrogen) atoms. The van der Waals surface area contributed by atoms with Crippen LogP contribution in [0.3, 0.4) is 0 Å². The summed E-state index contributed by atoms with van der Waals surface area (Å²) >= 11 is 0. The molecule has 3 aliphatic rings. The summed E-state index contributed by atoms with van der Waals surface area (Å²) < 4.78 is 0. The molecule has 3 atom stereocenters. The smallest absolute Gasteiger partial charge is 0.0133 e. The standard InChI is InChI=1S/C13H23N/c1-2-10-5-6-11(10)14-12-9-13(12)7-3-4-8-13/h10-12,14H,2-9H2,1H3. The first-order valence-electron chi connectivity index (χ1n) is 6.60. The topological polar surface area (TPSA) is 12.0 Å². The lowest BCUT2D eigenvalue weighted by Crippen LogP contribution is -2.45. The molecule has 1 spiro atoms. The van der Waals surface area contributed by atoms with Gasteiger partial charge in [-0.25, -0.2) is 0 Å². The van der Waals surface area contributed by atoms with Crippen molar-refractivity contribution in [2.24, 2.45) is 11.3 Å². The van der Waals surface area contributed by atoms with Gasteiger partial charge in [0.25, 0.3) is 0 Å². The molecule has 3 aliphatic carbocycles. The second-order valence-corrected chi connectivity index (χ2v) is 5.85. The van der Waals surface area contributed by atoms with Crippen LogP contribution in [-0.4, -0.2) is 12.1 Å². The highest BCUT2D eigenvalue weighted by Crippen LogP contribution is 2.58. The number of rotatable bonds is 3. The molecular formula is C13H23N. The number of hydrogen-bond donors (Lipinski definition) is 1. The van der Waals surface area contributed by atoms with E-state index in [4.69, 9.17) is 0 Å². The Labute approximate surface area is 87.7 Å². The van der Waals surface area contributed by atoms with Gasteiger partial charge in [0, 0.05) is 12.1 Å². The summed E-state index contributed by atoms with van der Waals surface area (Å²) in [6.07, 6.45) is 11.9. The van der Waals surface area contributed by atoms with Gasteiger partial charge in [-0.05, 0) is 43.4 Å². The maximum Gasteiger partial charge on any atom is 0.0133 e. The fourth-order valence-electron chi connectivity index (χ4n) is 3.75. The Morgan fingerprint density at radius 2 is 2.00 bits per heavy atom. The van der Waals surface area contributed by atoms with Crippen LogP contribution in [0.4, 0.5) is 0 Å². The Balaban J connectivity index is 1.50. The molecule has 1 heteroatoms. The van der Waals surface area contributed by atoms with Gasteiger partial charge < -0.3 is 5.32 Å². The minimum Gasteiger partial charge on any atom is -0.310 e. The van der Waals surface area contributed by atoms with Crippen LogP contribution >= 0.6 is 0 Å². The molecule has 0 amide bonds. The zero-order valence-corrected chi connectivity index (χ0v) is 9.39. The Morgan fingerprint density at radius 3 is 2.57 bits per heavy atom. The number of nitrogens with one attached hydrogen (secondary N) is 1. The molecule has 3 rings (SSSR count). The SMILES string of the molecule is CCC1CCC1NC1CC12CCCC2. The predicted octanol–water partition coefficient (Wildman–Crippen LogP) is 3.10. The average molecular weight is 193 g/mol. The zero-order chi connectivity index (χ0) is 9.60. The summed E-state index contributed by atoms with van der Waals surface area (Å²) in [4.78, 5) is 0. The molecule has 0 saturated heterocycles. The summed E-state index contributed by atoms with van der Waals surface area (Å²) in [6, 6.07) is 1.81. The van der Waals surface area contributed by atoms with Gasteiger partial charge in [-0.2, -0.15) is 0 Å². The van der Waals surface area contributed by atoms with Gasteiger partial charge in [-0.15, -0.1) is 0 Å². The molecular weight excluding hydrogens is 170 g/mol. The molecule has 0 heterocycles. The van der Waals surface area contributed by atoms with E-state index in [1.54, 1.807) is 0 Å². The van der Waals surface area contributed by atoms with Crippen LogP contribution in [0.1, 0.15) is 58.3 Å². The second kappa shape index (κ2) is 3.23.